The summed E-state index contributed by atoms with van der Waals surface area (Å²) in [6.07, 6.45) is -1.07. The Bertz CT molecular complexity index is 1160. The van der Waals surface area contributed by atoms with Crippen molar-refractivity contribution in [3.05, 3.63) is 81.3 Å². The first kappa shape index (κ1) is 21.1. The van der Waals surface area contributed by atoms with Gasteiger partial charge in [0.2, 0.25) is 0 Å². The van der Waals surface area contributed by atoms with E-state index in [9.17, 15) is 14.4 Å². The maximum Gasteiger partial charge on any atom is 0.339 e. The van der Waals surface area contributed by atoms with Crippen molar-refractivity contribution >= 4 is 17.6 Å². The summed E-state index contributed by atoms with van der Waals surface area (Å²) in [6.45, 7) is 6.96. The smallest absolute Gasteiger partial charge is 0.339 e. The molecule has 7 heteroatoms. The Balaban J connectivity index is 1.79. The molecule has 3 rings (SSSR count). The van der Waals surface area contributed by atoms with E-state index in [4.69, 9.17) is 4.74 Å². The molecule has 0 saturated carbocycles. The van der Waals surface area contributed by atoms with Crippen LogP contribution in [0.25, 0.3) is 5.69 Å². The molecule has 1 aromatic heterocycles. The third-order valence-corrected chi connectivity index (χ3v) is 5.06. The van der Waals surface area contributed by atoms with Crippen molar-refractivity contribution in [3.8, 4) is 5.69 Å². The van der Waals surface area contributed by atoms with E-state index in [1.165, 1.54) is 11.6 Å². The Labute approximate surface area is 174 Å². The van der Waals surface area contributed by atoms with Crippen LogP contribution in [0, 0.1) is 20.8 Å². The molecule has 1 amide bonds. The fourth-order valence-corrected chi connectivity index (χ4v) is 3.26. The highest BCUT2D eigenvalue weighted by Gasteiger charge is 2.24. The Hall–Kier alpha value is -3.61. The average molecular weight is 407 g/mol. The molecular weight excluding hydrogens is 382 g/mol. The first-order valence-corrected chi connectivity index (χ1v) is 9.63. The van der Waals surface area contributed by atoms with Crippen molar-refractivity contribution in [1.82, 2.24) is 9.36 Å². The molecule has 7 nitrogen and oxygen atoms in total. The van der Waals surface area contributed by atoms with Crippen molar-refractivity contribution < 1.29 is 14.3 Å². The van der Waals surface area contributed by atoms with Gasteiger partial charge in [-0.1, -0.05) is 35.9 Å². The van der Waals surface area contributed by atoms with Crippen LogP contribution in [-0.2, 0) is 16.6 Å². The maximum atomic E-state index is 12.9. The second kappa shape index (κ2) is 8.41. The van der Waals surface area contributed by atoms with E-state index in [2.05, 4.69) is 5.32 Å². The molecule has 1 atom stereocenters. The Morgan fingerprint density at radius 2 is 1.70 bits per heavy atom. The average Bonchev–Trinajstić information content (AvgIpc) is 2.91. The number of aromatic nitrogens is 2. The molecular formula is C23H25N3O4. The van der Waals surface area contributed by atoms with E-state index in [0.29, 0.717) is 16.9 Å². The van der Waals surface area contributed by atoms with E-state index >= 15 is 0 Å². The second-order valence-corrected chi connectivity index (χ2v) is 7.29. The van der Waals surface area contributed by atoms with Crippen LogP contribution >= 0.6 is 0 Å². The molecule has 0 aliphatic heterocycles. The van der Waals surface area contributed by atoms with Gasteiger partial charge in [-0.05, 0) is 51.5 Å². The summed E-state index contributed by atoms with van der Waals surface area (Å²) in [4.78, 5) is 38.0. The van der Waals surface area contributed by atoms with Crippen LogP contribution in [0.5, 0.6) is 0 Å². The summed E-state index contributed by atoms with van der Waals surface area (Å²) in [5.41, 5.74) is 3.28. The minimum absolute atomic E-state index is 0.153. The summed E-state index contributed by atoms with van der Waals surface area (Å²) in [5.74, 6) is -1.15. The third-order valence-electron chi connectivity index (χ3n) is 5.06. The van der Waals surface area contributed by atoms with Gasteiger partial charge in [0, 0.05) is 7.05 Å². The molecule has 0 fully saturated rings. The van der Waals surface area contributed by atoms with E-state index in [-0.39, 0.29) is 11.2 Å². The van der Waals surface area contributed by atoms with Gasteiger partial charge in [-0.25, -0.2) is 9.48 Å². The molecule has 0 radical (unpaired) electrons. The fraction of sp³-hybridized carbons (Fsp3) is 0.261. The lowest BCUT2D eigenvalue weighted by atomic mass is 10.1. The Morgan fingerprint density at radius 3 is 2.33 bits per heavy atom. The SMILES string of the molecule is Cc1ccc(C(=O)O[C@H](C)C(=O)Nc2c(C)n(C)n(-c3ccccc3)c2=O)c(C)c1. The van der Waals surface area contributed by atoms with Gasteiger partial charge in [0.15, 0.2) is 6.10 Å². The van der Waals surface area contributed by atoms with Crippen molar-refractivity contribution in [2.24, 2.45) is 7.05 Å². The van der Waals surface area contributed by atoms with Crippen molar-refractivity contribution in [2.45, 2.75) is 33.8 Å². The highest BCUT2D eigenvalue weighted by atomic mass is 16.5. The van der Waals surface area contributed by atoms with Gasteiger partial charge in [-0.3, -0.25) is 14.3 Å². The van der Waals surface area contributed by atoms with E-state index < -0.39 is 18.0 Å². The van der Waals surface area contributed by atoms with Crippen LogP contribution in [0.3, 0.4) is 0 Å². The zero-order valence-corrected chi connectivity index (χ0v) is 17.7. The Morgan fingerprint density at radius 1 is 1.03 bits per heavy atom. The zero-order valence-electron chi connectivity index (χ0n) is 17.7. The molecule has 3 aromatic rings. The van der Waals surface area contributed by atoms with Gasteiger partial charge < -0.3 is 10.1 Å². The minimum Gasteiger partial charge on any atom is -0.449 e. The number of ether oxygens (including phenoxy) is 1. The number of nitrogens with zero attached hydrogens (tertiary/aromatic N) is 2. The van der Waals surface area contributed by atoms with Crippen molar-refractivity contribution in [3.63, 3.8) is 0 Å². The highest BCUT2D eigenvalue weighted by molar-refractivity contribution is 5.98. The molecule has 2 aromatic carbocycles. The first-order chi connectivity index (χ1) is 14.2. The first-order valence-electron chi connectivity index (χ1n) is 9.63. The van der Waals surface area contributed by atoms with E-state index in [0.717, 1.165) is 11.1 Å². The number of rotatable bonds is 5. The van der Waals surface area contributed by atoms with Crippen LogP contribution in [0.4, 0.5) is 5.69 Å². The van der Waals surface area contributed by atoms with Gasteiger partial charge in [0.25, 0.3) is 11.5 Å². The van der Waals surface area contributed by atoms with Crippen LogP contribution in [0.15, 0.2) is 53.3 Å². The monoisotopic (exact) mass is 407 g/mol. The van der Waals surface area contributed by atoms with Crippen LogP contribution < -0.4 is 10.9 Å². The lowest BCUT2D eigenvalue weighted by molar-refractivity contribution is -0.123. The molecule has 1 N–H and O–H groups in total. The van der Waals surface area contributed by atoms with Gasteiger partial charge in [-0.15, -0.1) is 0 Å². The Kier molecular flexibility index (Phi) is 5.91. The zero-order chi connectivity index (χ0) is 22.0. The van der Waals surface area contributed by atoms with Crippen LogP contribution in [-0.4, -0.2) is 27.3 Å². The topological polar surface area (TPSA) is 82.3 Å². The van der Waals surface area contributed by atoms with Gasteiger partial charge in [0.05, 0.1) is 16.9 Å². The standard InChI is InChI=1S/C23H25N3O4/c1-14-11-12-19(15(2)13-14)23(29)30-17(4)21(27)24-20-16(3)25(5)26(22(20)28)18-9-7-6-8-10-18/h6-13,17H,1-5H3,(H,24,27)/t17-/m1/s1. The number of anilines is 1. The molecule has 0 bridgehead atoms. The predicted octanol–water partition coefficient (Wildman–Crippen LogP) is 3.29. The van der Waals surface area contributed by atoms with Gasteiger partial charge in [0.1, 0.15) is 5.69 Å². The lowest BCUT2D eigenvalue weighted by Gasteiger charge is -2.14. The largest absolute Gasteiger partial charge is 0.449 e. The molecule has 30 heavy (non-hydrogen) atoms. The molecule has 0 spiro atoms. The number of hydrogen-bond donors (Lipinski definition) is 1. The molecule has 156 valence electrons. The van der Waals surface area contributed by atoms with Gasteiger partial charge >= 0.3 is 5.97 Å². The summed E-state index contributed by atoms with van der Waals surface area (Å²) >= 11 is 0. The third kappa shape index (κ3) is 4.05. The number of benzene rings is 2. The lowest BCUT2D eigenvalue weighted by Crippen LogP contribution is -2.32. The van der Waals surface area contributed by atoms with Crippen LogP contribution in [0.1, 0.15) is 34.1 Å². The minimum atomic E-state index is -1.07. The fourth-order valence-electron chi connectivity index (χ4n) is 3.26. The van der Waals surface area contributed by atoms with Crippen LogP contribution in [0.2, 0.25) is 0 Å². The van der Waals surface area contributed by atoms with Gasteiger partial charge in [-0.2, -0.15) is 0 Å². The normalized spacial score (nSPS) is 11.8. The molecule has 0 aliphatic carbocycles. The molecule has 1 heterocycles. The van der Waals surface area contributed by atoms with Crippen molar-refractivity contribution in [1.29, 1.82) is 0 Å². The quantitative estimate of drug-likeness (QED) is 0.658. The molecule has 0 aliphatic rings. The molecule has 0 saturated heterocycles. The highest BCUT2D eigenvalue weighted by Crippen LogP contribution is 2.16. The summed E-state index contributed by atoms with van der Waals surface area (Å²) in [7, 11) is 1.74. The number of para-hydroxylation sites is 1. The number of nitrogens with one attached hydrogen (secondary N) is 1. The number of carbonyl (C=O) groups excluding carboxylic acids is 2. The maximum absolute atomic E-state index is 12.9. The number of aryl methyl sites for hydroxylation is 2. The second-order valence-electron chi connectivity index (χ2n) is 7.29. The number of carbonyl (C=O) groups is 2. The molecule has 0 unspecified atom stereocenters. The summed E-state index contributed by atoms with van der Waals surface area (Å²) in [5, 5.41) is 2.62. The summed E-state index contributed by atoms with van der Waals surface area (Å²) < 4.78 is 8.46. The number of esters is 1. The summed E-state index contributed by atoms with van der Waals surface area (Å²) in [6, 6.07) is 14.5. The van der Waals surface area contributed by atoms with E-state index in [1.54, 1.807) is 36.9 Å². The number of amides is 1. The predicted molar refractivity (Wildman–Crippen MR) is 115 cm³/mol. The van der Waals surface area contributed by atoms with Crippen molar-refractivity contribution in [2.75, 3.05) is 5.32 Å². The van der Waals surface area contributed by atoms with E-state index in [1.807, 2.05) is 44.2 Å². The number of hydrogen-bond acceptors (Lipinski definition) is 4.